The summed E-state index contributed by atoms with van der Waals surface area (Å²) in [5.74, 6) is 0. The van der Waals surface area contributed by atoms with E-state index >= 15 is 0 Å². The van der Waals surface area contributed by atoms with Gasteiger partial charge in [-0.05, 0) is 30.2 Å². The molecule has 1 nitrogen and oxygen atoms in total. The molecule has 0 saturated heterocycles. The van der Waals surface area contributed by atoms with Crippen LogP contribution >= 0.6 is 0 Å². The van der Waals surface area contributed by atoms with Crippen molar-refractivity contribution in [3.8, 4) is 11.1 Å². The number of halogens is 3. The minimum absolute atomic E-state index is 0.528. The lowest BCUT2D eigenvalue weighted by Crippen LogP contribution is -2.04. The minimum Gasteiger partial charge on any atom is -0.261 e. The predicted octanol–water partition coefficient (Wildman–Crippen LogP) is 4.33. The molecule has 1 heterocycles. The van der Waals surface area contributed by atoms with Crippen molar-refractivity contribution in [1.29, 1.82) is 0 Å². The second-order valence-electron chi connectivity index (χ2n) is 3.97. The standard InChI is InChI=1S/C14H12F3N/c1-2-13-7-6-11(9-18-13)10-4-3-5-12(8-10)14(15,16)17/h3-9H,2H2,1H3. The Balaban J connectivity index is 2.38. The third kappa shape index (κ3) is 2.70. The molecule has 1 aromatic carbocycles. The average Bonchev–Trinajstić information content (AvgIpc) is 2.38. The molecule has 0 spiro atoms. The largest absolute Gasteiger partial charge is 0.416 e. The van der Waals surface area contributed by atoms with Gasteiger partial charge in [0, 0.05) is 17.5 Å². The van der Waals surface area contributed by atoms with Gasteiger partial charge in [0.15, 0.2) is 0 Å². The van der Waals surface area contributed by atoms with Crippen molar-refractivity contribution in [3.63, 3.8) is 0 Å². The highest BCUT2D eigenvalue weighted by Gasteiger charge is 2.30. The number of aryl methyl sites for hydroxylation is 1. The molecule has 0 aliphatic heterocycles. The van der Waals surface area contributed by atoms with Crippen molar-refractivity contribution < 1.29 is 13.2 Å². The molecule has 0 atom stereocenters. The van der Waals surface area contributed by atoms with Gasteiger partial charge in [0.2, 0.25) is 0 Å². The van der Waals surface area contributed by atoms with Crippen LogP contribution in [0.5, 0.6) is 0 Å². The SMILES string of the molecule is CCc1ccc(-c2cccc(C(F)(F)F)c2)cn1. The second-order valence-corrected chi connectivity index (χ2v) is 3.97. The quantitative estimate of drug-likeness (QED) is 0.774. The third-order valence-electron chi connectivity index (χ3n) is 2.71. The van der Waals surface area contributed by atoms with E-state index in [1.807, 2.05) is 13.0 Å². The van der Waals surface area contributed by atoms with Crippen LogP contribution in [0.15, 0.2) is 42.6 Å². The Morgan fingerprint density at radius 2 is 1.83 bits per heavy atom. The summed E-state index contributed by atoms with van der Waals surface area (Å²) in [6.45, 7) is 1.98. The van der Waals surface area contributed by atoms with Crippen molar-refractivity contribution in [2.75, 3.05) is 0 Å². The lowest BCUT2D eigenvalue weighted by Gasteiger charge is -2.08. The zero-order valence-electron chi connectivity index (χ0n) is 9.83. The van der Waals surface area contributed by atoms with E-state index < -0.39 is 11.7 Å². The summed E-state index contributed by atoms with van der Waals surface area (Å²) in [5.41, 5.74) is 1.50. The second kappa shape index (κ2) is 4.80. The van der Waals surface area contributed by atoms with Crippen molar-refractivity contribution in [3.05, 3.63) is 53.9 Å². The van der Waals surface area contributed by atoms with Gasteiger partial charge in [-0.1, -0.05) is 25.1 Å². The Kier molecular flexibility index (Phi) is 3.36. The first kappa shape index (κ1) is 12.6. The van der Waals surface area contributed by atoms with Crippen LogP contribution in [0.2, 0.25) is 0 Å². The van der Waals surface area contributed by atoms with E-state index in [1.165, 1.54) is 6.07 Å². The summed E-state index contributed by atoms with van der Waals surface area (Å²) < 4.78 is 37.8. The molecule has 0 aliphatic carbocycles. The molecule has 0 unspecified atom stereocenters. The van der Waals surface area contributed by atoms with Gasteiger partial charge in [-0.2, -0.15) is 13.2 Å². The van der Waals surface area contributed by atoms with Gasteiger partial charge in [-0.3, -0.25) is 4.98 Å². The number of hydrogen-bond acceptors (Lipinski definition) is 1. The van der Waals surface area contributed by atoms with Crippen LogP contribution in [0.4, 0.5) is 13.2 Å². The fourth-order valence-corrected chi connectivity index (χ4v) is 1.68. The molecule has 1 aromatic heterocycles. The van der Waals surface area contributed by atoms with Crippen LogP contribution in [0.1, 0.15) is 18.2 Å². The minimum atomic E-state index is -4.31. The van der Waals surface area contributed by atoms with Gasteiger partial charge in [0.1, 0.15) is 0 Å². The first-order chi connectivity index (χ1) is 8.50. The van der Waals surface area contributed by atoms with Crippen LogP contribution < -0.4 is 0 Å². The van der Waals surface area contributed by atoms with E-state index in [-0.39, 0.29) is 0 Å². The zero-order chi connectivity index (χ0) is 13.2. The Labute approximate surface area is 103 Å². The van der Waals surface area contributed by atoms with Crippen molar-refractivity contribution >= 4 is 0 Å². The Hall–Kier alpha value is -1.84. The summed E-state index contributed by atoms with van der Waals surface area (Å²) >= 11 is 0. The van der Waals surface area contributed by atoms with Crippen LogP contribution in [-0.4, -0.2) is 4.98 Å². The van der Waals surface area contributed by atoms with E-state index in [1.54, 1.807) is 18.3 Å². The molecule has 94 valence electrons. The van der Waals surface area contributed by atoms with E-state index in [9.17, 15) is 13.2 Å². The maximum absolute atomic E-state index is 12.6. The van der Waals surface area contributed by atoms with E-state index in [0.29, 0.717) is 11.1 Å². The average molecular weight is 251 g/mol. The molecule has 0 saturated carbocycles. The molecule has 2 aromatic rings. The van der Waals surface area contributed by atoms with Gasteiger partial charge in [-0.15, -0.1) is 0 Å². The third-order valence-corrected chi connectivity index (χ3v) is 2.71. The van der Waals surface area contributed by atoms with Crippen molar-refractivity contribution in [2.45, 2.75) is 19.5 Å². The smallest absolute Gasteiger partial charge is 0.261 e. The maximum Gasteiger partial charge on any atom is 0.416 e. The number of alkyl halides is 3. The molecular weight excluding hydrogens is 239 g/mol. The first-order valence-electron chi connectivity index (χ1n) is 5.63. The van der Waals surface area contributed by atoms with Crippen molar-refractivity contribution in [2.24, 2.45) is 0 Å². The number of rotatable bonds is 2. The fraction of sp³-hybridized carbons (Fsp3) is 0.214. The Morgan fingerprint density at radius 1 is 1.06 bits per heavy atom. The summed E-state index contributed by atoms with van der Waals surface area (Å²) in [4.78, 5) is 4.18. The molecule has 0 N–H and O–H groups in total. The number of nitrogens with zero attached hydrogens (tertiary/aromatic N) is 1. The maximum atomic E-state index is 12.6. The molecule has 0 aliphatic rings. The summed E-state index contributed by atoms with van der Waals surface area (Å²) in [7, 11) is 0. The first-order valence-corrected chi connectivity index (χ1v) is 5.63. The summed E-state index contributed by atoms with van der Waals surface area (Å²) in [5, 5.41) is 0. The number of pyridine rings is 1. The predicted molar refractivity (Wildman–Crippen MR) is 64.1 cm³/mol. The molecule has 0 radical (unpaired) electrons. The molecule has 2 rings (SSSR count). The van der Waals surface area contributed by atoms with Crippen LogP contribution in [0, 0.1) is 0 Å². The van der Waals surface area contributed by atoms with E-state index in [2.05, 4.69) is 4.98 Å². The monoisotopic (exact) mass is 251 g/mol. The molecular formula is C14H12F3N. The van der Waals surface area contributed by atoms with E-state index in [4.69, 9.17) is 0 Å². The number of aromatic nitrogens is 1. The molecule has 0 fully saturated rings. The highest BCUT2D eigenvalue weighted by molar-refractivity contribution is 5.63. The zero-order valence-corrected chi connectivity index (χ0v) is 9.83. The molecule has 18 heavy (non-hydrogen) atoms. The van der Waals surface area contributed by atoms with Crippen LogP contribution in [-0.2, 0) is 12.6 Å². The summed E-state index contributed by atoms with van der Waals surface area (Å²) in [6, 6.07) is 8.89. The highest BCUT2D eigenvalue weighted by Crippen LogP contribution is 2.31. The normalized spacial score (nSPS) is 11.6. The molecule has 4 heteroatoms. The highest BCUT2D eigenvalue weighted by atomic mass is 19.4. The van der Waals surface area contributed by atoms with E-state index in [0.717, 1.165) is 24.2 Å². The van der Waals surface area contributed by atoms with Gasteiger partial charge in [-0.25, -0.2) is 0 Å². The van der Waals surface area contributed by atoms with Crippen LogP contribution in [0.3, 0.4) is 0 Å². The molecule has 0 bridgehead atoms. The van der Waals surface area contributed by atoms with Crippen molar-refractivity contribution in [1.82, 2.24) is 4.98 Å². The van der Waals surface area contributed by atoms with Gasteiger partial charge < -0.3 is 0 Å². The molecule has 0 amide bonds. The Morgan fingerprint density at radius 3 is 2.39 bits per heavy atom. The van der Waals surface area contributed by atoms with Gasteiger partial charge in [0.25, 0.3) is 0 Å². The lowest BCUT2D eigenvalue weighted by atomic mass is 10.0. The number of hydrogen-bond donors (Lipinski definition) is 0. The fourth-order valence-electron chi connectivity index (χ4n) is 1.68. The lowest BCUT2D eigenvalue weighted by molar-refractivity contribution is -0.137. The Bertz CT molecular complexity index is 529. The van der Waals surface area contributed by atoms with Crippen LogP contribution in [0.25, 0.3) is 11.1 Å². The van der Waals surface area contributed by atoms with Gasteiger partial charge in [0.05, 0.1) is 5.56 Å². The number of benzene rings is 1. The summed E-state index contributed by atoms with van der Waals surface area (Å²) in [6.07, 6.45) is -1.90. The topological polar surface area (TPSA) is 12.9 Å². The van der Waals surface area contributed by atoms with Gasteiger partial charge >= 0.3 is 6.18 Å².